The van der Waals surface area contributed by atoms with E-state index in [4.69, 9.17) is 16.1 Å². The fourth-order valence-corrected chi connectivity index (χ4v) is 3.54. The van der Waals surface area contributed by atoms with Crippen LogP contribution in [0.25, 0.3) is 11.4 Å². The number of hydrogen-bond donors (Lipinski definition) is 1. The van der Waals surface area contributed by atoms with E-state index in [2.05, 4.69) is 10.1 Å². The van der Waals surface area contributed by atoms with Crippen molar-refractivity contribution >= 4 is 21.6 Å². The SMILES string of the molecule is O=S(=O)(NCc1nc(-c2ccc(Cl)cc2)no1)c1ccccc1C(F)(F)F. The molecule has 0 saturated heterocycles. The quantitative estimate of drug-likeness (QED) is 0.680. The van der Waals surface area contributed by atoms with Crippen LogP contribution < -0.4 is 4.72 Å². The summed E-state index contributed by atoms with van der Waals surface area (Å²) in [6, 6.07) is 10.4. The van der Waals surface area contributed by atoms with Crippen LogP contribution in [0.2, 0.25) is 5.02 Å². The maximum atomic E-state index is 13.0. The van der Waals surface area contributed by atoms with Crippen LogP contribution in [0.3, 0.4) is 0 Å². The summed E-state index contributed by atoms with van der Waals surface area (Å²) in [4.78, 5) is 3.13. The Balaban J connectivity index is 1.78. The van der Waals surface area contributed by atoms with Crippen molar-refractivity contribution in [3.05, 3.63) is 65.0 Å². The molecule has 27 heavy (non-hydrogen) atoms. The third-order valence-corrected chi connectivity index (χ3v) is 5.18. The van der Waals surface area contributed by atoms with Gasteiger partial charge in [0.05, 0.1) is 17.0 Å². The number of halogens is 4. The molecule has 0 fully saturated rings. The lowest BCUT2D eigenvalue weighted by molar-refractivity contribution is -0.139. The van der Waals surface area contributed by atoms with Crippen LogP contribution >= 0.6 is 11.6 Å². The molecule has 0 aliphatic heterocycles. The van der Waals surface area contributed by atoms with Gasteiger partial charge in [-0.3, -0.25) is 0 Å². The molecule has 0 aliphatic carbocycles. The highest BCUT2D eigenvalue weighted by atomic mass is 35.5. The highest BCUT2D eigenvalue weighted by Crippen LogP contribution is 2.33. The molecule has 3 aromatic rings. The van der Waals surface area contributed by atoms with Crippen molar-refractivity contribution in [2.75, 3.05) is 0 Å². The van der Waals surface area contributed by atoms with E-state index in [1.165, 1.54) is 6.07 Å². The minimum absolute atomic E-state index is 0.104. The molecule has 1 aromatic heterocycles. The van der Waals surface area contributed by atoms with Gasteiger partial charge in [-0.15, -0.1) is 0 Å². The first kappa shape index (κ1) is 19.3. The van der Waals surface area contributed by atoms with E-state index in [1.807, 2.05) is 4.72 Å². The summed E-state index contributed by atoms with van der Waals surface area (Å²) in [7, 11) is -4.45. The van der Waals surface area contributed by atoms with Crippen LogP contribution in [-0.2, 0) is 22.7 Å². The normalized spacial score (nSPS) is 12.3. The van der Waals surface area contributed by atoms with Gasteiger partial charge in [0.1, 0.15) is 0 Å². The van der Waals surface area contributed by atoms with E-state index in [0.29, 0.717) is 16.7 Å². The third kappa shape index (κ3) is 4.46. The van der Waals surface area contributed by atoms with E-state index in [0.717, 1.165) is 12.1 Å². The lowest BCUT2D eigenvalue weighted by atomic mass is 10.2. The highest BCUT2D eigenvalue weighted by molar-refractivity contribution is 7.89. The topological polar surface area (TPSA) is 85.1 Å². The van der Waals surface area contributed by atoms with Gasteiger partial charge in [0.15, 0.2) is 0 Å². The van der Waals surface area contributed by atoms with Gasteiger partial charge < -0.3 is 4.52 Å². The second-order valence-electron chi connectivity index (χ2n) is 5.34. The first-order valence-electron chi connectivity index (χ1n) is 7.41. The number of rotatable bonds is 5. The zero-order valence-electron chi connectivity index (χ0n) is 13.4. The zero-order valence-corrected chi connectivity index (χ0v) is 14.9. The summed E-state index contributed by atoms with van der Waals surface area (Å²) in [6.07, 6.45) is -4.81. The van der Waals surface area contributed by atoms with Crippen molar-refractivity contribution in [3.8, 4) is 11.4 Å². The van der Waals surface area contributed by atoms with E-state index >= 15 is 0 Å². The first-order chi connectivity index (χ1) is 12.7. The van der Waals surface area contributed by atoms with Gasteiger partial charge in [-0.1, -0.05) is 28.9 Å². The van der Waals surface area contributed by atoms with Crippen molar-refractivity contribution in [2.24, 2.45) is 0 Å². The molecule has 11 heteroatoms. The van der Waals surface area contributed by atoms with Gasteiger partial charge in [0.25, 0.3) is 0 Å². The maximum Gasteiger partial charge on any atom is 0.417 e. The van der Waals surface area contributed by atoms with Crippen LogP contribution in [0.15, 0.2) is 57.9 Å². The lowest BCUT2D eigenvalue weighted by Crippen LogP contribution is -2.26. The molecule has 0 spiro atoms. The molecule has 6 nitrogen and oxygen atoms in total. The number of nitrogens with zero attached hydrogens (tertiary/aromatic N) is 2. The second kappa shape index (κ2) is 7.29. The minimum Gasteiger partial charge on any atom is -0.338 e. The minimum atomic E-state index is -4.81. The molecular weight excluding hydrogens is 407 g/mol. The van der Waals surface area contributed by atoms with E-state index in [1.54, 1.807) is 24.3 Å². The molecule has 3 rings (SSSR count). The summed E-state index contributed by atoms with van der Waals surface area (Å²) in [5.74, 6) is 0.0876. The molecule has 1 heterocycles. The molecule has 0 bridgehead atoms. The molecular formula is C16H11ClF3N3O3S. The molecule has 2 aromatic carbocycles. The highest BCUT2D eigenvalue weighted by Gasteiger charge is 2.36. The van der Waals surface area contributed by atoms with Crippen molar-refractivity contribution in [3.63, 3.8) is 0 Å². The summed E-state index contributed by atoms with van der Waals surface area (Å²) in [5.41, 5.74) is -0.676. The van der Waals surface area contributed by atoms with E-state index in [9.17, 15) is 21.6 Å². The standard InChI is InChI=1S/C16H11ClF3N3O3S/c17-11-7-5-10(6-8-11)15-22-14(26-23-15)9-21-27(24,25)13-4-2-1-3-12(13)16(18,19)20/h1-8,21H,9H2. The number of aromatic nitrogens is 2. The van der Waals surface area contributed by atoms with Crippen molar-refractivity contribution in [1.29, 1.82) is 0 Å². The average molecular weight is 418 g/mol. The van der Waals surface area contributed by atoms with Crippen molar-refractivity contribution in [1.82, 2.24) is 14.9 Å². The van der Waals surface area contributed by atoms with E-state index < -0.39 is 33.2 Å². The number of alkyl halides is 3. The Hall–Kier alpha value is -2.43. The van der Waals surface area contributed by atoms with Gasteiger partial charge in [-0.05, 0) is 36.4 Å². The second-order valence-corrected chi connectivity index (χ2v) is 7.51. The Morgan fingerprint density at radius 2 is 1.74 bits per heavy atom. The van der Waals surface area contributed by atoms with Crippen molar-refractivity contribution in [2.45, 2.75) is 17.6 Å². The number of nitrogens with one attached hydrogen (secondary N) is 1. The first-order valence-corrected chi connectivity index (χ1v) is 9.27. The molecule has 0 radical (unpaired) electrons. The molecule has 0 aliphatic rings. The van der Waals surface area contributed by atoms with Gasteiger partial charge in [-0.2, -0.15) is 18.2 Å². The maximum absolute atomic E-state index is 13.0. The number of hydrogen-bond acceptors (Lipinski definition) is 5. The molecule has 142 valence electrons. The van der Waals surface area contributed by atoms with Gasteiger partial charge in [0.2, 0.25) is 21.7 Å². The fourth-order valence-electron chi connectivity index (χ4n) is 2.21. The molecule has 0 unspecified atom stereocenters. The Morgan fingerprint density at radius 1 is 1.07 bits per heavy atom. The Labute approximate surface area is 157 Å². The number of sulfonamides is 1. The third-order valence-electron chi connectivity index (χ3n) is 3.47. The predicted octanol–water partition coefficient (Wildman–Crippen LogP) is 3.89. The monoisotopic (exact) mass is 417 g/mol. The van der Waals surface area contributed by atoms with Crippen LogP contribution in [-0.4, -0.2) is 18.6 Å². The lowest BCUT2D eigenvalue weighted by Gasteiger charge is -2.12. The average Bonchev–Trinajstić information content (AvgIpc) is 3.09. The van der Waals surface area contributed by atoms with Crippen LogP contribution in [0, 0.1) is 0 Å². The van der Waals surface area contributed by atoms with E-state index in [-0.39, 0.29) is 11.7 Å². The smallest absolute Gasteiger partial charge is 0.338 e. The Bertz CT molecular complexity index is 1050. The summed E-state index contributed by atoms with van der Waals surface area (Å²) in [6.45, 7) is -0.463. The molecule has 1 N–H and O–H groups in total. The Morgan fingerprint density at radius 3 is 2.41 bits per heavy atom. The summed E-state index contributed by atoms with van der Waals surface area (Å²) < 4.78 is 70.6. The molecule has 0 amide bonds. The number of benzene rings is 2. The van der Waals surface area contributed by atoms with Crippen LogP contribution in [0.1, 0.15) is 11.5 Å². The summed E-state index contributed by atoms with van der Waals surface area (Å²) >= 11 is 5.79. The van der Waals surface area contributed by atoms with Gasteiger partial charge in [-0.25, -0.2) is 13.1 Å². The van der Waals surface area contributed by atoms with Crippen molar-refractivity contribution < 1.29 is 26.1 Å². The summed E-state index contributed by atoms with van der Waals surface area (Å²) in [5, 5.41) is 4.21. The zero-order chi connectivity index (χ0) is 19.7. The molecule has 0 saturated carbocycles. The predicted molar refractivity (Wildman–Crippen MR) is 90.2 cm³/mol. The largest absolute Gasteiger partial charge is 0.417 e. The van der Waals surface area contributed by atoms with Gasteiger partial charge in [0, 0.05) is 10.6 Å². The van der Waals surface area contributed by atoms with Crippen LogP contribution in [0.5, 0.6) is 0 Å². The Kier molecular flexibility index (Phi) is 5.22. The fraction of sp³-hybridized carbons (Fsp3) is 0.125. The van der Waals surface area contributed by atoms with Gasteiger partial charge >= 0.3 is 6.18 Å². The van der Waals surface area contributed by atoms with Crippen LogP contribution in [0.4, 0.5) is 13.2 Å². The molecule has 0 atom stereocenters.